The molecular weight excluding hydrogens is 711 g/mol. The van der Waals surface area contributed by atoms with Gasteiger partial charge in [0.15, 0.2) is 0 Å². The molecule has 2 aliphatic carbocycles. The van der Waals surface area contributed by atoms with E-state index in [0.717, 1.165) is 17.1 Å². The predicted molar refractivity (Wildman–Crippen MR) is 245 cm³/mol. The molecule has 0 N–H and O–H groups in total. The van der Waals surface area contributed by atoms with Crippen molar-refractivity contribution < 1.29 is 0 Å². The summed E-state index contributed by atoms with van der Waals surface area (Å²) < 4.78 is 0. The molecule has 280 valence electrons. The van der Waals surface area contributed by atoms with Crippen molar-refractivity contribution in [2.45, 2.75) is 24.7 Å². The molecule has 0 bridgehead atoms. The van der Waals surface area contributed by atoms with Crippen LogP contribution in [0.5, 0.6) is 0 Å². The number of anilines is 3. The van der Waals surface area contributed by atoms with Gasteiger partial charge in [-0.2, -0.15) is 0 Å². The second-order valence-corrected chi connectivity index (χ2v) is 16.2. The summed E-state index contributed by atoms with van der Waals surface area (Å²) >= 11 is 0. The Bertz CT molecular complexity index is 2990. The van der Waals surface area contributed by atoms with E-state index in [2.05, 4.69) is 243 Å². The largest absolute Gasteiger partial charge is 0.310 e. The van der Waals surface area contributed by atoms with Crippen LogP contribution in [0.4, 0.5) is 17.1 Å². The molecule has 9 aromatic rings. The number of benzene rings is 9. The lowest BCUT2D eigenvalue weighted by Gasteiger charge is -2.35. The Morgan fingerprint density at radius 1 is 0.305 bits per heavy atom. The first-order valence-corrected chi connectivity index (χ1v) is 20.7. The molecule has 1 heteroatoms. The van der Waals surface area contributed by atoms with Crippen molar-refractivity contribution in [1.29, 1.82) is 0 Å². The van der Waals surface area contributed by atoms with Crippen molar-refractivity contribution in [3.05, 3.63) is 280 Å². The number of para-hydroxylation sites is 1. The van der Waals surface area contributed by atoms with Crippen molar-refractivity contribution in [2.75, 3.05) is 4.90 Å². The summed E-state index contributed by atoms with van der Waals surface area (Å²) in [5, 5.41) is 0. The summed E-state index contributed by atoms with van der Waals surface area (Å²) in [5.41, 5.74) is 20.2. The molecule has 11 rings (SSSR count). The first kappa shape index (κ1) is 35.0. The third-order valence-electron chi connectivity index (χ3n) is 13.0. The zero-order valence-corrected chi connectivity index (χ0v) is 33.3. The highest BCUT2D eigenvalue weighted by atomic mass is 15.1. The summed E-state index contributed by atoms with van der Waals surface area (Å²) in [6, 6.07) is 83.8. The van der Waals surface area contributed by atoms with Crippen LogP contribution in [0.3, 0.4) is 0 Å². The maximum atomic E-state index is 2.50. The summed E-state index contributed by atoms with van der Waals surface area (Å²) in [4.78, 5) is 2.50. The van der Waals surface area contributed by atoms with Gasteiger partial charge in [0.2, 0.25) is 0 Å². The molecule has 0 aliphatic heterocycles. The Hall–Kier alpha value is -7.22. The standard InChI is InChI=1S/C58H43N/c1-40-29-33-44(34-30-40)57(42-17-6-3-7-18-42)52-26-15-13-24-50(52)56-53(57)27-16-28-55(56)59(46-21-10-5-11-22-46)47-37-38-49-48-23-12-14-25-51(48)58(54(49)39-47,43-19-8-4-9-20-43)45-35-31-41(2)32-36-45/h3-39H,1-2H3. The van der Waals surface area contributed by atoms with Crippen LogP contribution in [0.2, 0.25) is 0 Å². The van der Waals surface area contributed by atoms with Crippen LogP contribution >= 0.6 is 0 Å². The van der Waals surface area contributed by atoms with Gasteiger partial charge in [-0.15, -0.1) is 0 Å². The van der Waals surface area contributed by atoms with Crippen LogP contribution in [0.15, 0.2) is 224 Å². The van der Waals surface area contributed by atoms with E-state index in [-0.39, 0.29) is 0 Å². The zero-order chi connectivity index (χ0) is 39.6. The molecular formula is C58H43N. The third-order valence-corrected chi connectivity index (χ3v) is 13.0. The van der Waals surface area contributed by atoms with E-state index in [1.54, 1.807) is 0 Å². The normalized spacial score (nSPS) is 17.1. The minimum absolute atomic E-state index is 0.507. The lowest BCUT2D eigenvalue weighted by atomic mass is 9.67. The summed E-state index contributed by atoms with van der Waals surface area (Å²) in [7, 11) is 0. The average Bonchev–Trinajstić information content (AvgIpc) is 3.77. The fourth-order valence-corrected chi connectivity index (χ4v) is 10.5. The van der Waals surface area contributed by atoms with Gasteiger partial charge in [0.25, 0.3) is 0 Å². The fourth-order valence-electron chi connectivity index (χ4n) is 10.5. The van der Waals surface area contributed by atoms with Crippen LogP contribution in [-0.4, -0.2) is 0 Å². The average molecular weight is 754 g/mol. The van der Waals surface area contributed by atoms with Crippen LogP contribution in [0, 0.1) is 13.8 Å². The van der Waals surface area contributed by atoms with Gasteiger partial charge in [-0.1, -0.05) is 205 Å². The van der Waals surface area contributed by atoms with E-state index in [0.29, 0.717) is 0 Å². The summed E-state index contributed by atoms with van der Waals surface area (Å²) in [6.07, 6.45) is 0. The molecule has 9 aromatic carbocycles. The lowest BCUT2D eigenvalue weighted by molar-refractivity contribution is 0.767. The van der Waals surface area contributed by atoms with Gasteiger partial charge in [-0.05, 0) is 105 Å². The van der Waals surface area contributed by atoms with E-state index in [1.165, 1.54) is 77.9 Å². The molecule has 0 heterocycles. The molecule has 1 nitrogen and oxygen atoms in total. The fraction of sp³-hybridized carbons (Fsp3) is 0.0690. The highest BCUT2D eigenvalue weighted by Gasteiger charge is 2.49. The lowest BCUT2D eigenvalue weighted by Crippen LogP contribution is -2.29. The number of hydrogen-bond acceptors (Lipinski definition) is 1. The molecule has 0 amide bonds. The minimum Gasteiger partial charge on any atom is -0.310 e. The highest BCUT2D eigenvalue weighted by Crippen LogP contribution is 2.61. The van der Waals surface area contributed by atoms with Gasteiger partial charge >= 0.3 is 0 Å². The van der Waals surface area contributed by atoms with E-state index in [4.69, 9.17) is 0 Å². The molecule has 0 saturated carbocycles. The molecule has 0 spiro atoms. The summed E-state index contributed by atoms with van der Waals surface area (Å²) in [5.74, 6) is 0. The topological polar surface area (TPSA) is 3.24 Å². The second kappa shape index (κ2) is 13.7. The Morgan fingerprint density at radius 3 is 1.34 bits per heavy atom. The van der Waals surface area contributed by atoms with Crippen molar-refractivity contribution in [1.82, 2.24) is 0 Å². The van der Waals surface area contributed by atoms with Crippen molar-refractivity contribution in [3.63, 3.8) is 0 Å². The Balaban J connectivity index is 1.21. The maximum absolute atomic E-state index is 2.50. The van der Waals surface area contributed by atoms with Crippen LogP contribution in [-0.2, 0) is 10.8 Å². The number of aryl methyl sites for hydroxylation is 2. The maximum Gasteiger partial charge on any atom is 0.0714 e. The van der Waals surface area contributed by atoms with E-state index < -0.39 is 10.8 Å². The van der Waals surface area contributed by atoms with Crippen molar-refractivity contribution in [3.8, 4) is 22.3 Å². The Kier molecular flexibility index (Phi) is 8.13. The quantitative estimate of drug-likeness (QED) is 0.157. The van der Waals surface area contributed by atoms with Crippen LogP contribution in [0.1, 0.15) is 55.6 Å². The SMILES string of the molecule is Cc1ccc(C2(c3ccccc3)c3ccccc3-c3ccc(N(c4ccccc4)c4cccc5c4-c4ccccc4C5(c4ccccc4)c4ccc(C)cc4)cc32)cc1. The zero-order valence-electron chi connectivity index (χ0n) is 33.3. The Morgan fingerprint density at radius 2 is 0.746 bits per heavy atom. The molecule has 2 atom stereocenters. The van der Waals surface area contributed by atoms with E-state index in [1.807, 2.05) is 0 Å². The monoisotopic (exact) mass is 753 g/mol. The number of rotatable bonds is 7. The predicted octanol–water partition coefficient (Wildman–Crippen LogP) is 14.5. The van der Waals surface area contributed by atoms with Crippen molar-refractivity contribution in [2.24, 2.45) is 0 Å². The van der Waals surface area contributed by atoms with Crippen molar-refractivity contribution >= 4 is 17.1 Å². The molecule has 0 fully saturated rings. The smallest absolute Gasteiger partial charge is 0.0714 e. The van der Waals surface area contributed by atoms with Crippen LogP contribution < -0.4 is 4.90 Å². The first-order valence-electron chi connectivity index (χ1n) is 20.7. The number of nitrogens with zero attached hydrogens (tertiary/aromatic N) is 1. The molecule has 0 radical (unpaired) electrons. The number of fused-ring (bicyclic) bond motifs is 6. The molecule has 0 aromatic heterocycles. The first-order chi connectivity index (χ1) is 29.1. The third kappa shape index (κ3) is 5.11. The van der Waals surface area contributed by atoms with Gasteiger partial charge in [-0.3, -0.25) is 0 Å². The van der Waals surface area contributed by atoms with Gasteiger partial charge in [0, 0.05) is 16.9 Å². The van der Waals surface area contributed by atoms with E-state index in [9.17, 15) is 0 Å². The van der Waals surface area contributed by atoms with Gasteiger partial charge < -0.3 is 4.90 Å². The molecule has 2 unspecified atom stereocenters. The number of hydrogen-bond donors (Lipinski definition) is 0. The second-order valence-electron chi connectivity index (χ2n) is 16.2. The Labute approximate surface area is 347 Å². The summed E-state index contributed by atoms with van der Waals surface area (Å²) in [6.45, 7) is 4.35. The minimum atomic E-state index is -0.515. The van der Waals surface area contributed by atoms with Gasteiger partial charge in [-0.25, -0.2) is 0 Å². The molecule has 0 saturated heterocycles. The van der Waals surface area contributed by atoms with Gasteiger partial charge in [0.05, 0.1) is 16.5 Å². The van der Waals surface area contributed by atoms with Crippen LogP contribution in [0.25, 0.3) is 22.3 Å². The molecule has 2 aliphatic rings. The molecule has 59 heavy (non-hydrogen) atoms. The van der Waals surface area contributed by atoms with Gasteiger partial charge in [0.1, 0.15) is 0 Å². The highest BCUT2D eigenvalue weighted by molar-refractivity contribution is 5.98. The van der Waals surface area contributed by atoms with E-state index >= 15 is 0 Å².